The Morgan fingerprint density at radius 1 is 0.981 bits per heavy atom. The van der Waals surface area contributed by atoms with Crippen LogP contribution in [0.25, 0.3) is 10.4 Å². The van der Waals surface area contributed by atoms with E-state index in [1.54, 1.807) is 65.7 Å². The van der Waals surface area contributed by atoms with Gasteiger partial charge in [0.05, 0.1) is 21.5 Å². The Morgan fingerprint density at radius 3 is 2.46 bits per heavy atom. The molecule has 2 aromatic heterocycles. The largest absolute Gasteiger partial charge is 0.381 e. The van der Waals surface area contributed by atoms with Crippen LogP contribution in [0.3, 0.4) is 0 Å². The molecule has 3 aliphatic rings. The molecule has 0 radical (unpaired) electrons. The highest BCUT2D eigenvalue weighted by molar-refractivity contribution is 7.17. The van der Waals surface area contributed by atoms with Gasteiger partial charge in [0.2, 0.25) is 0 Å². The van der Waals surface area contributed by atoms with Gasteiger partial charge in [0.15, 0.2) is 5.82 Å². The number of hydrogen-bond acceptors (Lipinski definition) is 8. The molecule has 5 heterocycles. The number of fused-ring (bicyclic) bond motifs is 3. The molecule has 2 amide bonds. The fourth-order valence-electron chi connectivity index (χ4n) is 7.19. The second-order valence-electron chi connectivity index (χ2n) is 13.1. The maximum atomic E-state index is 14.2. The molecule has 3 aromatic carbocycles. The van der Waals surface area contributed by atoms with Crippen molar-refractivity contribution in [3.05, 3.63) is 123 Å². The summed E-state index contributed by atoms with van der Waals surface area (Å²) in [5.41, 5.74) is 3.16. The van der Waals surface area contributed by atoms with Gasteiger partial charge >= 0.3 is 0 Å². The fraction of sp³-hybridized carbons (Fsp3) is 0.237. The number of amides is 2. The van der Waals surface area contributed by atoms with Crippen LogP contribution in [-0.2, 0) is 11.2 Å². The summed E-state index contributed by atoms with van der Waals surface area (Å²) in [6.07, 6.45) is 4.10. The van der Waals surface area contributed by atoms with E-state index in [2.05, 4.69) is 20.5 Å². The predicted octanol–water partition coefficient (Wildman–Crippen LogP) is 8.63. The average Bonchev–Trinajstić information content (AvgIpc) is 3.51. The van der Waals surface area contributed by atoms with E-state index in [1.807, 2.05) is 6.07 Å². The quantitative estimate of drug-likeness (QED) is 0.132. The number of aromatic nitrogens is 1. The summed E-state index contributed by atoms with van der Waals surface area (Å²) in [5, 5.41) is 7.40. The van der Waals surface area contributed by atoms with E-state index in [-0.39, 0.29) is 22.7 Å². The maximum Gasteiger partial charge on any atom is 0.265 e. The first-order valence-corrected chi connectivity index (χ1v) is 17.9. The summed E-state index contributed by atoms with van der Waals surface area (Å²) in [4.78, 5) is 49.0. The Hall–Kier alpha value is -5.24. The fourth-order valence-corrected chi connectivity index (χ4v) is 8.50. The summed E-state index contributed by atoms with van der Waals surface area (Å²) in [5.74, 6) is -2.00. The number of hydrogen-bond donors (Lipinski definition) is 1. The molecule has 1 N–H and O–H groups in total. The lowest BCUT2D eigenvalue weighted by Gasteiger charge is -2.53. The molecule has 1 spiro atoms. The van der Waals surface area contributed by atoms with Gasteiger partial charge in [-0.1, -0.05) is 17.7 Å². The molecule has 2 saturated heterocycles. The Morgan fingerprint density at radius 2 is 1.73 bits per heavy atom. The van der Waals surface area contributed by atoms with Crippen molar-refractivity contribution in [2.45, 2.75) is 19.3 Å². The van der Waals surface area contributed by atoms with E-state index in [0.717, 1.165) is 61.7 Å². The summed E-state index contributed by atoms with van der Waals surface area (Å²) >= 11 is 7.61. The zero-order chi connectivity index (χ0) is 36.0. The number of halogens is 3. The van der Waals surface area contributed by atoms with E-state index >= 15 is 0 Å². The van der Waals surface area contributed by atoms with Crippen molar-refractivity contribution in [1.29, 1.82) is 0 Å². The number of thiophene rings is 1. The molecule has 10 nitrogen and oxygen atoms in total. The van der Waals surface area contributed by atoms with Crippen LogP contribution in [0, 0.1) is 22.0 Å². The summed E-state index contributed by atoms with van der Waals surface area (Å²) < 4.78 is 34.0. The van der Waals surface area contributed by atoms with Gasteiger partial charge in [-0.25, -0.2) is 13.8 Å². The lowest BCUT2D eigenvalue weighted by Crippen LogP contribution is -2.59. The summed E-state index contributed by atoms with van der Waals surface area (Å²) in [6.45, 7) is 3.43. The van der Waals surface area contributed by atoms with Crippen LogP contribution in [0.5, 0.6) is 0 Å². The number of ether oxygens (including phenoxy) is 1. The van der Waals surface area contributed by atoms with Crippen molar-refractivity contribution < 1.29 is 23.1 Å². The van der Waals surface area contributed by atoms with Crippen molar-refractivity contribution in [2.24, 2.45) is 10.7 Å². The number of rotatable bonds is 7. The van der Waals surface area contributed by atoms with Crippen molar-refractivity contribution in [3.63, 3.8) is 0 Å². The van der Waals surface area contributed by atoms with Crippen LogP contribution in [0.4, 0.5) is 37.3 Å². The molecular weight excluding hydrogens is 710 g/mol. The highest BCUT2D eigenvalue weighted by Crippen LogP contribution is 2.46. The molecule has 0 aliphatic carbocycles. The Labute approximate surface area is 306 Å². The third-order valence-electron chi connectivity index (χ3n) is 9.92. The van der Waals surface area contributed by atoms with E-state index in [4.69, 9.17) is 16.3 Å². The Kier molecular flexibility index (Phi) is 8.94. The molecule has 264 valence electrons. The van der Waals surface area contributed by atoms with Crippen molar-refractivity contribution >= 4 is 63.3 Å². The topological polar surface area (TPSA) is 107 Å². The third kappa shape index (κ3) is 6.18. The zero-order valence-corrected chi connectivity index (χ0v) is 29.2. The highest BCUT2D eigenvalue weighted by atomic mass is 35.5. The first-order chi connectivity index (χ1) is 25.2. The molecule has 2 fully saturated rings. The molecule has 0 unspecified atom stereocenters. The normalized spacial score (nSPS) is 16.0. The number of nitrogens with zero attached hydrogens (tertiary/aromatic N) is 5. The number of benzene rings is 3. The average molecular weight is 741 g/mol. The van der Waals surface area contributed by atoms with Crippen LogP contribution in [0.15, 0.2) is 90.3 Å². The van der Waals surface area contributed by atoms with Crippen molar-refractivity contribution in [2.75, 3.05) is 53.0 Å². The highest BCUT2D eigenvalue weighted by Gasteiger charge is 2.45. The molecular formula is C38H31ClF2N6O4S. The number of nitrogens with one attached hydrogen (secondary N) is 1. The van der Waals surface area contributed by atoms with Gasteiger partial charge in [-0.05, 0) is 97.6 Å². The smallest absolute Gasteiger partial charge is 0.265 e. The van der Waals surface area contributed by atoms with Crippen LogP contribution in [0.1, 0.15) is 38.4 Å². The van der Waals surface area contributed by atoms with Crippen LogP contribution >= 0.6 is 22.9 Å². The van der Waals surface area contributed by atoms with E-state index in [0.29, 0.717) is 45.5 Å². The van der Waals surface area contributed by atoms with E-state index in [1.165, 1.54) is 22.4 Å². The van der Waals surface area contributed by atoms with Gasteiger partial charge < -0.3 is 19.9 Å². The molecule has 0 bridgehead atoms. The maximum absolute atomic E-state index is 14.2. The third-order valence-corrected chi connectivity index (χ3v) is 11.4. The standard InChI is InChI=1S/C38H31ClF2N6O4S/c39-25-8-11-27-31(20-25)46(16-12-24-19-32(52-34(24)27)36(48)43-33-28(40)3-1-4-29(33)41)37(49)23-6-9-26(10-7-23)47(44-50)30-5-2-15-42-35(30)45-21-38(22-45)13-17-51-18-14-38/h1-11,15,19-20H,12-14,16-18,21-22H2,(H,43,48). The Bertz CT molecular complexity index is 2180. The summed E-state index contributed by atoms with van der Waals surface area (Å²) in [7, 11) is 0. The number of anilines is 5. The minimum atomic E-state index is -0.874. The lowest BCUT2D eigenvalue weighted by molar-refractivity contribution is -0.000419. The lowest BCUT2D eigenvalue weighted by atomic mass is 9.73. The van der Waals surface area contributed by atoms with Gasteiger partial charge in [0, 0.05) is 65.5 Å². The van der Waals surface area contributed by atoms with E-state index in [9.17, 15) is 23.3 Å². The van der Waals surface area contributed by atoms with Gasteiger partial charge in [-0.3, -0.25) is 9.59 Å². The molecule has 14 heteroatoms. The van der Waals surface area contributed by atoms with Crippen molar-refractivity contribution in [3.8, 4) is 10.4 Å². The van der Waals surface area contributed by atoms with Gasteiger partial charge in [0.25, 0.3) is 11.8 Å². The van der Waals surface area contributed by atoms with Gasteiger partial charge in [0.1, 0.15) is 23.0 Å². The van der Waals surface area contributed by atoms with Crippen molar-refractivity contribution in [1.82, 2.24) is 4.98 Å². The molecule has 0 atom stereocenters. The van der Waals surface area contributed by atoms with Gasteiger partial charge in [-0.15, -0.1) is 16.2 Å². The second kappa shape index (κ2) is 13.7. The molecule has 0 saturated carbocycles. The minimum absolute atomic E-state index is 0.204. The minimum Gasteiger partial charge on any atom is -0.381 e. The number of carbonyl (C=O) groups is 2. The summed E-state index contributed by atoms with van der Waals surface area (Å²) in [6, 6.07) is 20.5. The molecule has 5 aromatic rings. The van der Waals surface area contributed by atoms with Crippen LogP contribution in [-0.4, -0.2) is 49.6 Å². The molecule has 8 rings (SSSR count). The van der Waals surface area contributed by atoms with E-state index < -0.39 is 23.2 Å². The SMILES string of the molecule is O=NN(c1ccc(C(=O)N2CCc3cc(C(=O)Nc4c(F)cccc4F)sc3-c3ccc(Cl)cc32)cc1)c1cccnc1N1CC2(CCOCC2)C1. The van der Waals surface area contributed by atoms with Crippen LogP contribution < -0.4 is 20.1 Å². The number of carbonyl (C=O) groups excluding carboxylic acids is 2. The first kappa shape index (κ1) is 33.9. The first-order valence-electron chi connectivity index (χ1n) is 16.7. The number of para-hydroxylation sites is 1. The Balaban J connectivity index is 1.03. The monoisotopic (exact) mass is 740 g/mol. The van der Waals surface area contributed by atoms with Gasteiger partial charge in [-0.2, -0.15) is 5.01 Å². The number of pyridine rings is 1. The zero-order valence-electron chi connectivity index (χ0n) is 27.7. The molecule has 3 aliphatic heterocycles. The number of nitroso groups, excluding NO2 is 1. The predicted molar refractivity (Wildman–Crippen MR) is 198 cm³/mol. The second-order valence-corrected chi connectivity index (χ2v) is 14.6. The molecule has 52 heavy (non-hydrogen) atoms. The van der Waals surface area contributed by atoms with Crippen LogP contribution in [0.2, 0.25) is 5.02 Å².